The van der Waals surface area contributed by atoms with Crippen LogP contribution in [0.25, 0.3) is 0 Å². The molecule has 0 aromatic heterocycles. The van der Waals surface area contributed by atoms with Crippen molar-refractivity contribution in [2.75, 3.05) is 11.9 Å². The number of carboxylic acid groups (broad SMARTS) is 1. The highest BCUT2D eigenvalue weighted by Crippen LogP contribution is 2.43. The fourth-order valence-corrected chi connectivity index (χ4v) is 3.87. The average Bonchev–Trinajstić information content (AvgIpc) is 2.84. The van der Waals surface area contributed by atoms with E-state index < -0.39 is 5.97 Å². The second-order valence-corrected chi connectivity index (χ2v) is 7.03. The van der Waals surface area contributed by atoms with E-state index in [9.17, 15) is 9.90 Å². The fourth-order valence-electron chi connectivity index (χ4n) is 3.62. The number of anilines is 1. The van der Waals surface area contributed by atoms with Crippen molar-refractivity contribution >= 4 is 23.3 Å². The molecular weight excluding hydrogens is 286 g/mol. The second-order valence-electron chi connectivity index (χ2n) is 6.63. The van der Waals surface area contributed by atoms with Gasteiger partial charge in [0.2, 0.25) is 0 Å². The van der Waals surface area contributed by atoms with Crippen molar-refractivity contribution in [3.05, 3.63) is 28.8 Å². The summed E-state index contributed by atoms with van der Waals surface area (Å²) in [6.45, 7) is 5.33. The summed E-state index contributed by atoms with van der Waals surface area (Å²) in [5, 5.41) is 13.0. The predicted octanol–water partition coefficient (Wildman–Crippen LogP) is 5.06. The van der Waals surface area contributed by atoms with Crippen molar-refractivity contribution in [2.45, 2.75) is 46.0 Å². The van der Waals surface area contributed by atoms with Crippen LogP contribution in [0.5, 0.6) is 0 Å². The Kier molecular flexibility index (Phi) is 5.15. The number of hydrogen-bond donors (Lipinski definition) is 2. The van der Waals surface area contributed by atoms with E-state index >= 15 is 0 Å². The van der Waals surface area contributed by atoms with Crippen LogP contribution < -0.4 is 5.32 Å². The summed E-state index contributed by atoms with van der Waals surface area (Å²) >= 11 is 6.02. The van der Waals surface area contributed by atoms with E-state index in [4.69, 9.17) is 11.6 Å². The maximum Gasteiger partial charge on any atom is 0.339 e. The zero-order valence-corrected chi connectivity index (χ0v) is 13.5. The Bertz CT molecular complexity index is 508. The molecule has 0 unspecified atom stereocenters. The first kappa shape index (κ1) is 16.2. The molecule has 0 bridgehead atoms. The smallest absolute Gasteiger partial charge is 0.339 e. The van der Waals surface area contributed by atoms with Crippen LogP contribution in [0.15, 0.2) is 18.2 Å². The predicted molar refractivity (Wildman–Crippen MR) is 87.3 cm³/mol. The van der Waals surface area contributed by atoms with Gasteiger partial charge in [0, 0.05) is 6.54 Å². The zero-order chi connectivity index (χ0) is 15.5. The van der Waals surface area contributed by atoms with E-state index in [0.717, 1.165) is 6.54 Å². The highest BCUT2D eigenvalue weighted by molar-refractivity contribution is 6.34. The minimum atomic E-state index is -0.979. The molecule has 1 aromatic rings. The van der Waals surface area contributed by atoms with Gasteiger partial charge in [-0.05, 0) is 42.7 Å². The first-order valence-corrected chi connectivity index (χ1v) is 8.07. The van der Waals surface area contributed by atoms with Crippen molar-refractivity contribution in [3.8, 4) is 0 Å². The molecule has 116 valence electrons. The van der Waals surface area contributed by atoms with Crippen molar-refractivity contribution in [1.29, 1.82) is 0 Å². The molecule has 0 saturated heterocycles. The molecule has 1 aliphatic rings. The molecule has 1 saturated carbocycles. The second kappa shape index (κ2) is 6.69. The molecule has 3 nitrogen and oxygen atoms in total. The third-order valence-electron chi connectivity index (χ3n) is 4.39. The Morgan fingerprint density at radius 2 is 2.05 bits per heavy atom. The van der Waals surface area contributed by atoms with Crippen LogP contribution in [0.2, 0.25) is 5.02 Å². The molecule has 21 heavy (non-hydrogen) atoms. The van der Waals surface area contributed by atoms with E-state index in [-0.39, 0.29) is 10.6 Å². The Hall–Kier alpha value is -1.22. The van der Waals surface area contributed by atoms with Gasteiger partial charge in [-0.1, -0.05) is 44.4 Å². The Balaban J connectivity index is 2.15. The molecule has 0 radical (unpaired) electrons. The lowest BCUT2D eigenvalue weighted by Crippen LogP contribution is -2.29. The van der Waals surface area contributed by atoms with Gasteiger partial charge in [0.25, 0.3) is 0 Å². The van der Waals surface area contributed by atoms with Gasteiger partial charge >= 0.3 is 5.97 Å². The van der Waals surface area contributed by atoms with Gasteiger partial charge in [-0.2, -0.15) is 0 Å². The molecule has 4 heteroatoms. The monoisotopic (exact) mass is 309 g/mol. The molecule has 0 aliphatic heterocycles. The SMILES string of the molecule is CC(C)CC1(CNc2cccc(Cl)c2C(=O)O)CCCC1. The van der Waals surface area contributed by atoms with Crippen LogP contribution in [0.3, 0.4) is 0 Å². The molecule has 0 spiro atoms. The van der Waals surface area contributed by atoms with Gasteiger partial charge in [-0.3, -0.25) is 0 Å². The molecule has 1 fully saturated rings. The Labute approximate surface area is 131 Å². The third-order valence-corrected chi connectivity index (χ3v) is 4.70. The Morgan fingerprint density at radius 1 is 1.38 bits per heavy atom. The number of nitrogens with one attached hydrogen (secondary N) is 1. The van der Waals surface area contributed by atoms with Crippen molar-refractivity contribution in [3.63, 3.8) is 0 Å². The normalized spacial score (nSPS) is 17.1. The number of benzene rings is 1. The summed E-state index contributed by atoms with van der Waals surface area (Å²) < 4.78 is 0. The van der Waals surface area contributed by atoms with Crippen molar-refractivity contribution in [1.82, 2.24) is 0 Å². The topological polar surface area (TPSA) is 49.3 Å². The van der Waals surface area contributed by atoms with Crippen molar-refractivity contribution in [2.24, 2.45) is 11.3 Å². The molecule has 0 heterocycles. The van der Waals surface area contributed by atoms with Gasteiger partial charge < -0.3 is 10.4 Å². The van der Waals surface area contributed by atoms with Crippen LogP contribution in [0, 0.1) is 11.3 Å². The van der Waals surface area contributed by atoms with Gasteiger partial charge in [0.1, 0.15) is 5.56 Å². The average molecular weight is 310 g/mol. The first-order valence-electron chi connectivity index (χ1n) is 7.69. The summed E-state index contributed by atoms with van der Waals surface area (Å²) in [4.78, 5) is 11.4. The number of halogens is 1. The fraction of sp³-hybridized carbons (Fsp3) is 0.588. The summed E-state index contributed by atoms with van der Waals surface area (Å²) in [7, 11) is 0. The van der Waals surface area contributed by atoms with Crippen LogP contribution in [-0.4, -0.2) is 17.6 Å². The van der Waals surface area contributed by atoms with E-state index in [2.05, 4.69) is 19.2 Å². The Morgan fingerprint density at radius 3 is 2.62 bits per heavy atom. The summed E-state index contributed by atoms with van der Waals surface area (Å²) in [6.07, 6.45) is 6.18. The van der Waals surface area contributed by atoms with Gasteiger partial charge in [-0.15, -0.1) is 0 Å². The number of carboxylic acids is 1. The first-order chi connectivity index (χ1) is 9.93. The van der Waals surface area contributed by atoms with E-state index in [1.54, 1.807) is 18.2 Å². The zero-order valence-electron chi connectivity index (χ0n) is 12.8. The molecule has 1 aromatic carbocycles. The highest BCUT2D eigenvalue weighted by atomic mass is 35.5. The maximum atomic E-state index is 11.4. The van der Waals surface area contributed by atoms with Crippen molar-refractivity contribution < 1.29 is 9.90 Å². The van der Waals surface area contributed by atoms with E-state index in [1.165, 1.54) is 32.1 Å². The third kappa shape index (κ3) is 3.91. The van der Waals surface area contributed by atoms with Gasteiger partial charge in [-0.25, -0.2) is 4.79 Å². The van der Waals surface area contributed by atoms with Crippen LogP contribution in [0.1, 0.15) is 56.3 Å². The number of aromatic carboxylic acids is 1. The number of hydrogen-bond acceptors (Lipinski definition) is 2. The number of rotatable bonds is 6. The van der Waals surface area contributed by atoms with Crippen LogP contribution >= 0.6 is 11.6 Å². The molecule has 1 aliphatic carbocycles. The molecule has 2 rings (SSSR count). The molecular formula is C17H24ClNO2. The van der Waals surface area contributed by atoms with E-state index in [1.807, 2.05) is 0 Å². The van der Waals surface area contributed by atoms with Crippen LogP contribution in [-0.2, 0) is 0 Å². The maximum absolute atomic E-state index is 11.4. The highest BCUT2D eigenvalue weighted by Gasteiger charge is 2.34. The molecule has 0 amide bonds. The van der Waals surface area contributed by atoms with E-state index in [0.29, 0.717) is 17.0 Å². The summed E-state index contributed by atoms with van der Waals surface area (Å²) in [5.41, 5.74) is 1.11. The van der Waals surface area contributed by atoms with Crippen LogP contribution in [0.4, 0.5) is 5.69 Å². The lowest BCUT2D eigenvalue weighted by atomic mass is 9.78. The standard InChI is InChI=1S/C17H24ClNO2/c1-12(2)10-17(8-3-4-9-17)11-19-14-7-5-6-13(18)15(14)16(20)21/h5-7,12,19H,3-4,8-11H2,1-2H3,(H,20,21). The molecule has 2 N–H and O–H groups in total. The summed E-state index contributed by atoms with van der Waals surface area (Å²) in [5.74, 6) is -0.323. The minimum Gasteiger partial charge on any atom is -0.478 e. The van der Waals surface area contributed by atoms with Gasteiger partial charge in [0.05, 0.1) is 10.7 Å². The summed E-state index contributed by atoms with van der Waals surface area (Å²) in [6, 6.07) is 5.21. The quantitative estimate of drug-likeness (QED) is 0.772. The number of carbonyl (C=O) groups is 1. The lowest BCUT2D eigenvalue weighted by Gasteiger charge is -2.32. The molecule has 0 atom stereocenters. The lowest BCUT2D eigenvalue weighted by molar-refractivity contribution is 0.0698. The largest absolute Gasteiger partial charge is 0.478 e. The van der Waals surface area contributed by atoms with Gasteiger partial charge in [0.15, 0.2) is 0 Å². The minimum absolute atomic E-state index is 0.178.